The van der Waals surface area contributed by atoms with Gasteiger partial charge in [-0.2, -0.15) is 0 Å². The number of halogens is 1. The molecule has 2 aliphatic rings. The molecule has 0 saturated carbocycles. The molecule has 0 radical (unpaired) electrons. The van der Waals surface area contributed by atoms with Crippen molar-refractivity contribution in [3.05, 3.63) is 35.6 Å². The quantitative estimate of drug-likeness (QED) is 0.642. The molecule has 1 aromatic carbocycles. The summed E-state index contributed by atoms with van der Waals surface area (Å²) in [5.74, 6) is -0.593. The lowest BCUT2D eigenvalue weighted by Gasteiger charge is -2.33. The van der Waals surface area contributed by atoms with Crippen LogP contribution < -0.4 is 11.1 Å². The van der Waals surface area contributed by atoms with Gasteiger partial charge in [0.15, 0.2) is 0 Å². The second-order valence-corrected chi connectivity index (χ2v) is 7.93. The number of likely N-dealkylation sites (N-methyl/N-ethyl adjacent to an activating group) is 1. The van der Waals surface area contributed by atoms with Gasteiger partial charge in [0.05, 0.1) is 6.04 Å². The Labute approximate surface area is 191 Å². The number of primary amides is 1. The number of likely N-dealkylation sites (tertiary alicyclic amines) is 1. The minimum Gasteiger partial charge on any atom is -0.388 e. The summed E-state index contributed by atoms with van der Waals surface area (Å²) in [5.41, 5.74) is 5.71. The van der Waals surface area contributed by atoms with Crippen LogP contribution in [-0.2, 0) is 25.5 Å². The Balaban J connectivity index is 0.000000526. The summed E-state index contributed by atoms with van der Waals surface area (Å²) in [4.78, 5) is 33.0. The number of hydrogen-bond donors (Lipinski definition) is 2. The van der Waals surface area contributed by atoms with Gasteiger partial charge in [-0.25, -0.2) is 4.39 Å². The molecular formula is C24H40FN3O4. The number of rotatable bonds is 6. The van der Waals surface area contributed by atoms with Crippen molar-refractivity contribution in [2.45, 2.75) is 63.5 Å². The van der Waals surface area contributed by atoms with Gasteiger partial charge in [-0.05, 0) is 76.4 Å². The lowest BCUT2D eigenvalue weighted by atomic mass is 9.87. The fourth-order valence-corrected chi connectivity index (χ4v) is 3.57. The molecule has 2 aliphatic heterocycles. The smallest absolute Gasteiger partial charge is 0.238 e. The van der Waals surface area contributed by atoms with Gasteiger partial charge in [0.2, 0.25) is 5.91 Å². The maximum atomic E-state index is 13.1. The number of amides is 1. The lowest BCUT2D eigenvalue weighted by Crippen LogP contribution is -2.53. The van der Waals surface area contributed by atoms with E-state index >= 15 is 0 Å². The molecule has 1 amide bonds. The molecule has 2 heterocycles. The van der Waals surface area contributed by atoms with Crippen LogP contribution in [0.4, 0.5) is 4.39 Å². The first-order valence-corrected chi connectivity index (χ1v) is 11.1. The number of unbranched alkanes of at least 4 members (excludes halogenated alkanes) is 1. The normalized spacial score (nSPS) is 21.7. The Morgan fingerprint density at radius 1 is 1.34 bits per heavy atom. The molecule has 2 fully saturated rings. The predicted octanol–water partition coefficient (Wildman–Crippen LogP) is 2.50. The minimum atomic E-state index is -0.645. The van der Waals surface area contributed by atoms with E-state index in [4.69, 9.17) is 5.73 Å². The second-order valence-electron chi connectivity index (χ2n) is 7.93. The number of carbonyl (C=O) groups is 3. The average Bonchev–Trinajstić information content (AvgIpc) is 3.41. The van der Waals surface area contributed by atoms with Crippen LogP contribution in [0.1, 0.15) is 51.0 Å². The molecule has 2 saturated heterocycles. The highest BCUT2D eigenvalue weighted by atomic mass is 19.1. The fraction of sp³-hybridized carbons (Fsp3) is 0.625. The number of nitrogens with zero attached hydrogens (tertiary/aromatic N) is 1. The van der Waals surface area contributed by atoms with Gasteiger partial charge in [0.25, 0.3) is 0 Å². The Morgan fingerprint density at radius 2 is 2.03 bits per heavy atom. The topological polar surface area (TPSA) is 102 Å². The van der Waals surface area contributed by atoms with Crippen molar-refractivity contribution < 1.29 is 23.5 Å². The maximum Gasteiger partial charge on any atom is 0.238 e. The van der Waals surface area contributed by atoms with Crippen LogP contribution in [-0.4, -0.2) is 69.3 Å². The first-order valence-electron chi connectivity index (χ1n) is 11.1. The lowest BCUT2D eigenvalue weighted by molar-refractivity contribution is -0.127. The second kappa shape index (κ2) is 17.4. The predicted molar refractivity (Wildman–Crippen MR) is 125 cm³/mol. The van der Waals surface area contributed by atoms with E-state index in [1.54, 1.807) is 20.3 Å². The number of methoxy groups -OCH3 is 1. The standard InChI is InChI=1S/C13H17FN2O.C5H9NO.C4H8O.C2H6O/c1-16-7-3-6-13(16,12(15)17)9-10-4-2-5-11(14)8-10;7-4-5-2-1-3-6-5;1-2-3-4-5;1-3-2/h2,4-5,8H,3,6-7,9H2,1H3,(H2,15,17);4-6H,1-3H2;4H,2-3H2,1H3;1-2H3. The van der Waals surface area contributed by atoms with Gasteiger partial charge in [-0.1, -0.05) is 19.1 Å². The number of nitrogens with two attached hydrogens (primary N) is 1. The highest BCUT2D eigenvalue weighted by Gasteiger charge is 2.44. The van der Waals surface area contributed by atoms with E-state index in [0.717, 1.165) is 63.3 Å². The molecule has 2 unspecified atom stereocenters. The maximum absolute atomic E-state index is 13.1. The molecule has 182 valence electrons. The molecular weight excluding hydrogens is 413 g/mol. The molecule has 1 aromatic rings. The molecule has 3 rings (SSSR count). The van der Waals surface area contributed by atoms with Gasteiger partial charge in [-0.15, -0.1) is 0 Å². The van der Waals surface area contributed by atoms with Crippen molar-refractivity contribution in [2.24, 2.45) is 5.73 Å². The molecule has 2 atom stereocenters. The summed E-state index contributed by atoms with van der Waals surface area (Å²) in [7, 11) is 5.15. The van der Waals surface area contributed by atoms with Crippen LogP contribution in [0.2, 0.25) is 0 Å². The highest BCUT2D eigenvalue weighted by molar-refractivity contribution is 5.85. The SMILES string of the molecule is CCCC=O.CN1CCCC1(Cc1cccc(F)c1)C(N)=O.COC.O=CC1CCCN1. The van der Waals surface area contributed by atoms with Crippen molar-refractivity contribution in [1.82, 2.24) is 10.2 Å². The molecule has 7 nitrogen and oxygen atoms in total. The number of carbonyl (C=O) groups excluding carboxylic acids is 3. The van der Waals surface area contributed by atoms with Gasteiger partial charge in [0, 0.05) is 20.6 Å². The van der Waals surface area contributed by atoms with E-state index in [-0.39, 0.29) is 17.8 Å². The Morgan fingerprint density at radius 3 is 2.38 bits per heavy atom. The van der Waals surface area contributed by atoms with E-state index in [1.807, 2.05) is 24.9 Å². The summed E-state index contributed by atoms with van der Waals surface area (Å²) in [5, 5.41) is 3.04. The van der Waals surface area contributed by atoms with Crippen LogP contribution >= 0.6 is 0 Å². The van der Waals surface area contributed by atoms with E-state index in [0.29, 0.717) is 12.8 Å². The van der Waals surface area contributed by atoms with Gasteiger partial charge in [0.1, 0.15) is 23.9 Å². The third-order valence-electron chi connectivity index (χ3n) is 5.33. The molecule has 0 bridgehead atoms. The number of ether oxygens (including phenoxy) is 1. The zero-order chi connectivity index (χ0) is 24.4. The first-order chi connectivity index (χ1) is 15.3. The average molecular weight is 454 g/mol. The molecule has 0 aromatic heterocycles. The Hall–Kier alpha value is -2.16. The zero-order valence-corrected chi connectivity index (χ0v) is 19.9. The first kappa shape index (κ1) is 29.8. The third kappa shape index (κ3) is 10.9. The van der Waals surface area contributed by atoms with Gasteiger partial charge < -0.3 is 25.4 Å². The van der Waals surface area contributed by atoms with Crippen molar-refractivity contribution in [1.29, 1.82) is 0 Å². The molecule has 0 aliphatic carbocycles. The van der Waals surface area contributed by atoms with Crippen molar-refractivity contribution in [3.8, 4) is 0 Å². The highest BCUT2D eigenvalue weighted by Crippen LogP contribution is 2.31. The Bertz CT molecular complexity index is 668. The zero-order valence-electron chi connectivity index (χ0n) is 19.9. The number of aldehydes is 2. The van der Waals surface area contributed by atoms with Crippen LogP contribution in [0.3, 0.4) is 0 Å². The van der Waals surface area contributed by atoms with Crippen LogP contribution in [0.5, 0.6) is 0 Å². The molecule has 3 N–H and O–H groups in total. The fourth-order valence-electron chi connectivity index (χ4n) is 3.57. The van der Waals surface area contributed by atoms with Gasteiger partial charge in [-0.3, -0.25) is 9.69 Å². The number of benzene rings is 1. The van der Waals surface area contributed by atoms with Crippen LogP contribution in [0.25, 0.3) is 0 Å². The summed E-state index contributed by atoms with van der Waals surface area (Å²) in [6.45, 7) is 3.86. The molecule has 8 heteroatoms. The van der Waals surface area contributed by atoms with Crippen molar-refractivity contribution in [3.63, 3.8) is 0 Å². The summed E-state index contributed by atoms with van der Waals surface area (Å²) in [6, 6.07) is 6.53. The van der Waals surface area contributed by atoms with E-state index in [2.05, 4.69) is 10.1 Å². The molecule has 32 heavy (non-hydrogen) atoms. The van der Waals surface area contributed by atoms with Crippen molar-refractivity contribution >= 4 is 18.5 Å². The monoisotopic (exact) mass is 453 g/mol. The number of hydrogen-bond acceptors (Lipinski definition) is 6. The van der Waals surface area contributed by atoms with E-state index in [9.17, 15) is 18.8 Å². The van der Waals surface area contributed by atoms with Gasteiger partial charge >= 0.3 is 0 Å². The largest absolute Gasteiger partial charge is 0.388 e. The number of nitrogens with one attached hydrogen (secondary N) is 1. The van der Waals surface area contributed by atoms with Crippen molar-refractivity contribution in [2.75, 3.05) is 34.4 Å². The third-order valence-corrected chi connectivity index (χ3v) is 5.33. The minimum absolute atomic E-state index is 0.167. The Kier molecular flexibility index (Phi) is 16.2. The van der Waals surface area contributed by atoms with E-state index < -0.39 is 5.54 Å². The summed E-state index contributed by atoms with van der Waals surface area (Å²) >= 11 is 0. The summed E-state index contributed by atoms with van der Waals surface area (Å²) < 4.78 is 17.4. The van der Waals surface area contributed by atoms with E-state index in [1.165, 1.54) is 12.1 Å². The van der Waals surface area contributed by atoms with Crippen LogP contribution in [0, 0.1) is 5.82 Å². The molecule has 0 spiro atoms. The van der Waals surface area contributed by atoms with Crippen LogP contribution in [0.15, 0.2) is 24.3 Å². The summed E-state index contributed by atoms with van der Waals surface area (Å²) in [6.07, 6.45) is 7.96.